The molecule has 0 aliphatic rings. The summed E-state index contributed by atoms with van der Waals surface area (Å²) < 4.78 is 12.2. The number of hydrogen-bond acceptors (Lipinski definition) is 4. The number of methoxy groups -OCH3 is 2. The van der Waals surface area contributed by atoms with Crippen LogP contribution in [0.15, 0.2) is 77.6 Å². The van der Waals surface area contributed by atoms with Crippen LogP contribution in [-0.4, -0.2) is 24.7 Å². The van der Waals surface area contributed by atoms with Gasteiger partial charge in [-0.2, -0.15) is 0 Å². The number of hydrogen-bond donors (Lipinski definition) is 1. The maximum atomic E-state index is 13.5. The number of aryl methyl sites for hydroxylation is 3. The Kier molecular flexibility index (Phi) is 6.97. The van der Waals surface area contributed by atoms with E-state index in [2.05, 4.69) is 17.4 Å². The van der Waals surface area contributed by atoms with Crippen LogP contribution >= 0.6 is 0 Å². The summed E-state index contributed by atoms with van der Waals surface area (Å²) in [5.74, 6) is 0.785. The van der Waals surface area contributed by atoms with Crippen LogP contribution in [0.5, 0.6) is 11.5 Å². The third-order valence-corrected chi connectivity index (χ3v) is 5.83. The Balaban J connectivity index is 1.66. The van der Waals surface area contributed by atoms with Gasteiger partial charge in [0.05, 0.1) is 25.4 Å². The number of benzene rings is 3. The lowest BCUT2D eigenvalue weighted by atomic mass is 10.0. The number of fused-ring (bicyclic) bond motifs is 1. The second-order valence-corrected chi connectivity index (χ2v) is 8.22. The number of nitrogens with one attached hydrogen (secondary N) is 1. The molecule has 1 aromatic heterocycles. The minimum atomic E-state index is -0.323. The Hall–Kier alpha value is -4.06. The van der Waals surface area contributed by atoms with Crippen LogP contribution < -0.4 is 20.3 Å². The first-order valence-corrected chi connectivity index (χ1v) is 11.2. The van der Waals surface area contributed by atoms with Gasteiger partial charge >= 0.3 is 0 Å². The molecule has 0 spiro atoms. The van der Waals surface area contributed by atoms with Gasteiger partial charge in [0.25, 0.3) is 5.56 Å². The molecule has 1 N–H and O–H groups in total. The fourth-order valence-corrected chi connectivity index (χ4v) is 4.05. The number of carbonyl (C=O) groups excluding carboxylic acids is 1. The molecule has 0 atom stereocenters. The maximum absolute atomic E-state index is 13.5. The van der Waals surface area contributed by atoms with Gasteiger partial charge < -0.3 is 14.8 Å². The zero-order valence-corrected chi connectivity index (χ0v) is 19.6. The molecule has 1 amide bonds. The Morgan fingerprint density at radius 3 is 2.44 bits per heavy atom. The highest BCUT2D eigenvalue weighted by Gasteiger charge is 2.15. The highest BCUT2D eigenvalue weighted by Crippen LogP contribution is 2.29. The number of ether oxygens (including phenoxy) is 2. The summed E-state index contributed by atoms with van der Waals surface area (Å²) >= 11 is 0. The molecular weight excluding hydrogens is 428 g/mol. The number of aromatic nitrogens is 1. The van der Waals surface area contributed by atoms with Crippen LogP contribution in [-0.2, 0) is 24.2 Å². The Morgan fingerprint density at radius 2 is 1.71 bits per heavy atom. The van der Waals surface area contributed by atoms with Gasteiger partial charge in [0, 0.05) is 11.6 Å². The van der Waals surface area contributed by atoms with E-state index in [1.54, 1.807) is 29.9 Å². The molecule has 0 aliphatic heterocycles. The molecule has 0 saturated heterocycles. The quantitative estimate of drug-likeness (QED) is 0.415. The number of rotatable bonds is 8. The van der Waals surface area contributed by atoms with E-state index in [9.17, 15) is 9.59 Å². The van der Waals surface area contributed by atoms with Crippen LogP contribution in [0.3, 0.4) is 0 Å². The highest BCUT2D eigenvalue weighted by atomic mass is 16.5. The van der Waals surface area contributed by atoms with Gasteiger partial charge in [-0.3, -0.25) is 14.2 Å². The fraction of sp³-hybridized carbons (Fsp3) is 0.214. The maximum Gasteiger partial charge on any atom is 0.254 e. The summed E-state index contributed by atoms with van der Waals surface area (Å²) in [4.78, 5) is 26.5. The smallest absolute Gasteiger partial charge is 0.254 e. The molecule has 6 heteroatoms. The zero-order chi connectivity index (χ0) is 24.1. The lowest BCUT2D eigenvalue weighted by Gasteiger charge is -2.15. The molecule has 0 saturated carbocycles. The summed E-state index contributed by atoms with van der Waals surface area (Å²) in [7, 11) is 3.09. The lowest BCUT2D eigenvalue weighted by molar-refractivity contribution is -0.116. The van der Waals surface area contributed by atoms with Gasteiger partial charge in [0.2, 0.25) is 5.91 Å². The van der Waals surface area contributed by atoms with Crippen molar-refractivity contribution in [1.29, 1.82) is 0 Å². The summed E-state index contributed by atoms with van der Waals surface area (Å²) in [6.07, 6.45) is 1.35. The number of nitrogens with zero attached hydrogens (tertiary/aromatic N) is 1. The minimum absolute atomic E-state index is 0.113. The topological polar surface area (TPSA) is 69.6 Å². The molecule has 174 valence electrons. The Labute approximate surface area is 198 Å². The molecule has 6 nitrogen and oxygen atoms in total. The number of amides is 1. The third-order valence-electron chi connectivity index (χ3n) is 5.83. The average molecular weight is 457 g/mol. The van der Waals surface area contributed by atoms with Crippen molar-refractivity contribution in [3.8, 4) is 11.5 Å². The molecule has 34 heavy (non-hydrogen) atoms. The van der Waals surface area contributed by atoms with Crippen molar-refractivity contribution in [3.05, 3.63) is 99.8 Å². The molecule has 3 aromatic carbocycles. The van der Waals surface area contributed by atoms with Crippen LogP contribution in [0, 0.1) is 6.92 Å². The molecule has 4 aromatic rings. The van der Waals surface area contributed by atoms with Crippen molar-refractivity contribution in [1.82, 2.24) is 4.57 Å². The predicted molar refractivity (Wildman–Crippen MR) is 135 cm³/mol. The Bertz CT molecular complexity index is 1380. The second-order valence-electron chi connectivity index (χ2n) is 8.22. The van der Waals surface area contributed by atoms with Crippen molar-refractivity contribution in [2.45, 2.75) is 26.3 Å². The second kappa shape index (κ2) is 10.3. The van der Waals surface area contributed by atoms with E-state index in [1.165, 1.54) is 12.7 Å². The van der Waals surface area contributed by atoms with E-state index in [0.717, 1.165) is 22.9 Å². The van der Waals surface area contributed by atoms with Crippen molar-refractivity contribution < 1.29 is 14.3 Å². The van der Waals surface area contributed by atoms with Gasteiger partial charge in [0.1, 0.15) is 18.0 Å². The third kappa shape index (κ3) is 5.12. The van der Waals surface area contributed by atoms with E-state index in [4.69, 9.17) is 9.47 Å². The van der Waals surface area contributed by atoms with Gasteiger partial charge in [-0.15, -0.1) is 0 Å². The molecule has 0 fully saturated rings. The SMILES string of the molecule is COc1ccc(OC)c(NC(=O)Cn2c(=O)c(CCc3ccccc3)cc3ccc(C)cc32)c1. The van der Waals surface area contributed by atoms with Crippen LogP contribution in [0.4, 0.5) is 5.69 Å². The largest absolute Gasteiger partial charge is 0.497 e. The van der Waals surface area contributed by atoms with Crippen molar-refractivity contribution >= 4 is 22.5 Å². The number of pyridine rings is 1. The van der Waals surface area contributed by atoms with E-state index in [1.807, 2.05) is 49.4 Å². The molecule has 0 unspecified atom stereocenters. The first-order chi connectivity index (χ1) is 16.5. The van der Waals surface area contributed by atoms with Gasteiger partial charge in [-0.05, 0) is 60.5 Å². The summed E-state index contributed by atoms with van der Waals surface area (Å²) in [6.45, 7) is 1.86. The normalized spacial score (nSPS) is 10.8. The van der Waals surface area contributed by atoms with E-state index < -0.39 is 0 Å². The zero-order valence-electron chi connectivity index (χ0n) is 19.6. The lowest BCUT2D eigenvalue weighted by Crippen LogP contribution is -2.30. The van der Waals surface area contributed by atoms with Gasteiger partial charge in [-0.25, -0.2) is 0 Å². The molecule has 0 bridgehead atoms. The highest BCUT2D eigenvalue weighted by molar-refractivity contribution is 5.93. The molecule has 0 radical (unpaired) electrons. The van der Waals surface area contributed by atoms with Crippen molar-refractivity contribution in [3.63, 3.8) is 0 Å². The summed E-state index contributed by atoms with van der Waals surface area (Å²) in [5.41, 5.74) is 3.95. The minimum Gasteiger partial charge on any atom is -0.497 e. The molecular formula is C28H28N2O4. The molecule has 0 aliphatic carbocycles. The number of carbonyl (C=O) groups is 1. The van der Waals surface area contributed by atoms with E-state index in [0.29, 0.717) is 29.2 Å². The fourth-order valence-electron chi connectivity index (χ4n) is 4.05. The van der Waals surface area contributed by atoms with Crippen molar-refractivity contribution in [2.75, 3.05) is 19.5 Å². The summed E-state index contributed by atoms with van der Waals surface area (Å²) in [6, 6.07) is 23.1. The van der Waals surface area contributed by atoms with Gasteiger partial charge in [-0.1, -0.05) is 42.5 Å². The first-order valence-electron chi connectivity index (χ1n) is 11.2. The monoisotopic (exact) mass is 456 g/mol. The first kappa shape index (κ1) is 23.1. The van der Waals surface area contributed by atoms with Gasteiger partial charge in [0.15, 0.2) is 0 Å². The average Bonchev–Trinajstić information content (AvgIpc) is 2.85. The molecule has 1 heterocycles. The van der Waals surface area contributed by atoms with Crippen LogP contribution in [0.25, 0.3) is 10.9 Å². The van der Waals surface area contributed by atoms with Crippen LogP contribution in [0.1, 0.15) is 16.7 Å². The van der Waals surface area contributed by atoms with Crippen LogP contribution in [0.2, 0.25) is 0 Å². The predicted octanol–water partition coefficient (Wildman–Crippen LogP) is 4.75. The van der Waals surface area contributed by atoms with E-state index >= 15 is 0 Å². The summed E-state index contributed by atoms with van der Waals surface area (Å²) in [5, 5.41) is 3.80. The standard InChI is InChI=1S/C28H28N2O4/c1-19-9-11-21-16-22(12-10-20-7-5-4-6-8-20)28(32)30(25(21)15-19)18-27(31)29-24-17-23(33-2)13-14-26(24)34-3/h4-9,11,13-17H,10,12,18H2,1-3H3,(H,29,31). The molecule has 4 rings (SSSR count). The Morgan fingerprint density at radius 1 is 0.912 bits per heavy atom. The van der Waals surface area contributed by atoms with E-state index in [-0.39, 0.29) is 18.0 Å². The van der Waals surface area contributed by atoms with Crippen molar-refractivity contribution in [2.24, 2.45) is 0 Å². The number of anilines is 1.